The zero-order chi connectivity index (χ0) is 41.4. The maximum atomic E-state index is 14.1. The molecule has 0 saturated carbocycles. The van der Waals surface area contributed by atoms with E-state index in [1.54, 1.807) is 9.80 Å². The highest BCUT2D eigenvalue weighted by atomic mass is 35.5. The number of ether oxygens (including phenoxy) is 1. The van der Waals surface area contributed by atoms with Crippen molar-refractivity contribution in [3.8, 4) is 22.8 Å². The van der Waals surface area contributed by atoms with Gasteiger partial charge in [-0.2, -0.15) is 18.3 Å². The summed E-state index contributed by atoms with van der Waals surface area (Å²) in [6.45, 7) is 5.25. The lowest BCUT2D eigenvalue weighted by atomic mass is 9.90. The topological polar surface area (TPSA) is 177 Å². The number of carbonyl (C=O) groups is 4. The number of quaternary nitrogens is 1. The number of halogens is 4. The van der Waals surface area contributed by atoms with Gasteiger partial charge in [-0.15, -0.1) is 0 Å². The molecule has 0 bridgehead atoms. The van der Waals surface area contributed by atoms with Crippen LogP contribution in [0.3, 0.4) is 0 Å². The van der Waals surface area contributed by atoms with Crippen LogP contribution in [0.25, 0.3) is 17.1 Å². The van der Waals surface area contributed by atoms with Gasteiger partial charge in [0, 0.05) is 82.9 Å². The number of carboxylic acid groups (broad SMARTS) is 1. The predicted molar refractivity (Wildman–Crippen MR) is 203 cm³/mol. The molecule has 0 atom stereocenters. The standard InChI is InChI=1S/C38H42ClF3N10O6/c1-48-30(28-20-51(47-33(28)38(40,41)42)31-6-4-26(58-2)18-44-31)19-45-34(48)35(55)46-25-3-5-27(29(39)15-25)37(57)50-11-9-49(10-12-50)36(56)24-7-13-52(14-8-24,22-32(53)54)21-23-16-43-17-23/h3-6,15,18-20,23-24,43H,7-14,16-17,21-22H2,1-2H3,(H-,46,53,54,55,57)/p+1. The number of aromatic nitrogens is 5. The molecule has 4 aromatic rings. The van der Waals surface area contributed by atoms with Crippen molar-refractivity contribution in [2.45, 2.75) is 19.0 Å². The fourth-order valence-corrected chi connectivity index (χ4v) is 8.24. The van der Waals surface area contributed by atoms with Crippen molar-refractivity contribution in [1.82, 2.24) is 39.4 Å². The van der Waals surface area contributed by atoms with Crippen LogP contribution in [0.1, 0.15) is 39.5 Å². The van der Waals surface area contributed by atoms with E-state index in [2.05, 4.69) is 25.7 Å². The van der Waals surface area contributed by atoms with Crippen molar-refractivity contribution in [1.29, 1.82) is 0 Å². The highest BCUT2D eigenvalue weighted by Gasteiger charge is 2.42. The molecule has 0 unspecified atom stereocenters. The molecular formula is C38H43ClF3N10O6+. The first-order valence-corrected chi connectivity index (χ1v) is 19.2. The number of aliphatic carboxylic acids is 1. The number of pyridine rings is 1. The van der Waals surface area contributed by atoms with E-state index in [0.717, 1.165) is 36.7 Å². The fourth-order valence-electron chi connectivity index (χ4n) is 7.98. The number of amides is 3. The van der Waals surface area contributed by atoms with Crippen LogP contribution in [0.4, 0.5) is 18.9 Å². The van der Waals surface area contributed by atoms with Gasteiger partial charge in [0.1, 0.15) is 5.75 Å². The van der Waals surface area contributed by atoms with Gasteiger partial charge in [-0.25, -0.2) is 19.4 Å². The van der Waals surface area contributed by atoms with E-state index in [-0.39, 0.29) is 63.5 Å². The fraction of sp³-hybridized carbons (Fsp3) is 0.447. The molecule has 3 N–H and O–H groups in total. The van der Waals surface area contributed by atoms with Crippen LogP contribution in [0, 0.1) is 11.8 Å². The lowest BCUT2D eigenvalue weighted by Crippen LogP contribution is -2.62. The molecule has 3 aliphatic rings. The normalized spacial score (nSPS) is 20.1. The molecule has 7 rings (SSSR count). The molecule has 3 amide bonds. The largest absolute Gasteiger partial charge is 0.495 e. The number of nitrogens with zero attached hydrogens (tertiary/aromatic N) is 8. The molecule has 3 saturated heterocycles. The first-order chi connectivity index (χ1) is 27.6. The molecule has 58 heavy (non-hydrogen) atoms. The summed E-state index contributed by atoms with van der Waals surface area (Å²) in [4.78, 5) is 63.6. The van der Waals surface area contributed by atoms with E-state index < -0.39 is 23.7 Å². The van der Waals surface area contributed by atoms with Gasteiger partial charge in [-0.05, 0) is 30.3 Å². The number of methoxy groups -OCH3 is 1. The van der Waals surface area contributed by atoms with Crippen molar-refractivity contribution >= 4 is 41.0 Å². The van der Waals surface area contributed by atoms with Crippen LogP contribution >= 0.6 is 11.6 Å². The highest BCUT2D eigenvalue weighted by Crippen LogP contribution is 2.37. The van der Waals surface area contributed by atoms with Gasteiger partial charge in [0.25, 0.3) is 11.8 Å². The maximum Gasteiger partial charge on any atom is 0.435 e. The first kappa shape index (κ1) is 40.7. The monoisotopic (exact) mass is 827 g/mol. The Morgan fingerprint density at radius 2 is 1.72 bits per heavy atom. The number of anilines is 1. The van der Waals surface area contributed by atoms with Gasteiger partial charge in [-0.3, -0.25) is 14.4 Å². The Morgan fingerprint density at radius 3 is 2.31 bits per heavy atom. The zero-order valence-electron chi connectivity index (χ0n) is 31.8. The van der Waals surface area contributed by atoms with E-state index in [1.807, 2.05) is 0 Å². The summed E-state index contributed by atoms with van der Waals surface area (Å²) < 4.78 is 50.1. The summed E-state index contributed by atoms with van der Waals surface area (Å²) in [6, 6.07) is 7.35. The van der Waals surface area contributed by atoms with Crippen LogP contribution in [0.5, 0.6) is 5.75 Å². The van der Waals surface area contributed by atoms with Gasteiger partial charge in [-0.1, -0.05) is 11.6 Å². The van der Waals surface area contributed by atoms with Gasteiger partial charge in [0.05, 0.1) is 61.0 Å². The molecule has 16 nitrogen and oxygen atoms in total. The quantitative estimate of drug-likeness (QED) is 0.190. The highest BCUT2D eigenvalue weighted by molar-refractivity contribution is 6.34. The van der Waals surface area contributed by atoms with Crippen LogP contribution in [-0.4, -0.2) is 140 Å². The van der Waals surface area contributed by atoms with Crippen LogP contribution in [0.15, 0.2) is 48.9 Å². The summed E-state index contributed by atoms with van der Waals surface area (Å²) >= 11 is 6.54. The molecule has 1 aromatic carbocycles. The van der Waals surface area contributed by atoms with E-state index in [1.165, 1.54) is 55.3 Å². The van der Waals surface area contributed by atoms with Crippen LogP contribution < -0.4 is 15.4 Å². The number of likely N-dealkylation sites (tertiary alicyclic amines) is 1. The Morgan fingerprint density at radius 1 is 1.02 bits per heavy atom. The molecular weight excluding hydrogens is 785 g/mol. The summed E-state index contributed by atoms with van der Waals surface area (Å²) in [6.07, 6.45) is 0.0646. The van der Waals surface area contributed by atoms with E-state index in [0.29, 0.717) is 68.3 Å². The molecule has 20 heteroatoms. The molecule has 0 radical (unpaired) electrons. The second-order valence-electron chi connectivity index (χ2n) is 15.0. The second-order valence-corrected chi connectivity index (χ2v) is 15.4. The number of piperazine rings is 1. The SMILES string of the molecule is COc1ccc(-n2cc(-c3cnc(C(=O)Nc4ccc(C(=O)N5CCN(C(=O)C6CC[N+](CC(=O)O)(CC7CNC7)CC6)CC5)c(Cl)c4)n3C)c(C(F)(F)F)n2)nc1. The summed E-state index contributed by atoms with van der Waals surface area (Å²) in [5.41, 5.74) is -1.11. The molecule has 6 heterocycles. The lowest BCUT2D eigenvalue weighted by molar-refractivity contribution is -0.929. The Balaban J connectivity index is 0.956. The summed E-state index contributed by atoms with van der Waals surface area (Å²) in [5, 5.41) is 19.3. The minimum Gasteiger partial charge on any atom is -0.495 e. The number of hydrogen-bond acceptors (Lipinski definition) is 9. The number of imidazole rings is 1. The number of rotatable bonds is 11. The zero-order valence-corrected chi connectivity index (χ0v) is 32.6. The number of benzene rings is 1. The predicted octanol–water partition coefficient (Wildman–Crippen LogP) is 3.42. The molecule has 3 aliphatic heterocycles. The third-order valence-electron chi connectivity index (χ3n) is 11.2. The van der Waals surface area contributed by atoms with Gasteiger partial charge in [0.2, 0.25) is 5.91 Å². The Hall–Kier alpha value is -5.53. The third-order valence-corrected chi connectivity index (χ3v) is 11.5. The number of nitrogens with one attached hydrogen (secondary N) is 2. The van der Waals surface area contributed by atoms with Gasteiger partial charge in [0.15, 0.2) is 23.9 Å². The van der Waals surface area contributed by atoms with Crippen LogP contribution in [-0.2, 0) is 22.8 Å². The molecule has 308 valence electrons. The van der Waals surface area contributed by atoms with E-state index in [9.17, 15) is 37.5 Å². The molecule has 0 spiro atoms. The smallest absolute Gasteiger partial charge is 0.435 e. The Labute approximate surface area is 336 Å². The Bertz CT molecular complexity index is 2190. The summed E-state index contributed by atoms with van der Waals surface area (Å²) in [5.74, 6) is -1.26. The minimum atomic E-state index is -4.83. The minimum absolute atomic E-state index is 0.0223. The number of carbonyl (C=O) groups excluding carboxylic acids is 3. The van der Waals surface area contributed by atoms with Crippen molar-refractivity contribution in [3.63, 3.8) is 0 Å². The summed E-state index contributed by atoms with van der Waals surface area (Å²) in [7, 11) is 2.84. The third kappa shape index (κ3) is 8.51. The Kier molecular flexibility index (Phi) is 11.5. The van der Waals surface area contributed by atoms with Crippen molar-refractivity contribution in [2.24, 2.45) is 18.9 Å². The first-order valence-electron chi connectivity index (χ1n) is 18.8. The van der Waals surface area contributed by atoms with Gasteiger partial charge < -0.3 is 39.3 Å². The second kappa shape index (κ2) is 16.4. The van der Waals surface area contributed by atoms with E-state index >= 15 is 0 Å². The van der Waals surface area contributed by atoms with Crippen molar-refractivity contribution in [2.75, 3.05) is 77.9 Å². The number of carboxylic acids is 1. The average molecular weight is 828 g/mol. The average Bonchev–Trinajstić information content (AvgIpc) is 3.80. The van der Waals surface area contributed by atoms with Crippen molar-refractivity contribution < 1.29 is 46.7 Å². The van der Waals surface area contributed by atoms with Crippen LogP contribution in [0.2, 0.25) is 5.02 Å². The number of alkyl halides is 3. The van der Waals surface area contributed by atoms with Crippen molar-refractivity contribution in [3.05, 3.63) is 71.0 Å². The van der Waals surface area contributed by atoms with E-state index in [4.69, 9.17) is 16.3 Å². The molecule has 3 fully saturated rings. The molecule has 0 aliphatic carbocycles. The number of piperidine rings is 1. The number of hydrogen-bond donors (Lipinski definition) is 3. The lowest BCUT2D eigenvalue weighted by Gasteiger charge is -2.46. The maximum absolute atomic E-state index is 14.1. The van der Waals surface area contributed by atoms with Gasteiger partial charge >= 0.3 is 12.1 Å². The molecule has 3 aromatic heterocycles.